The van der Waals surface area contributed by atoms with E-state index < -0.39 is 0 Å². The molecule has 6 heteroatoms. The Kier molecular flexibility index (Phi) is 11.8. The number of carbonyl (C=O) groups is 1. The Bertz CT molecular complexity index is 291. The van der Waals surface area contributed by atoms with Crippen LogP contribution < -0.4 is 11.1 Å². The number of amides is 1. The molecule has 2 unspecified atom stereocenters. The van der Waals surface area contributed by atoms with Crippen LogP contribution in [0.25, 0.3) is 0 Å². The van der Waals surface area contributed by atoms with E-state index in [2.05, 4.69) is 37.9 Å². The van der Waals surface area contributed by atoms with Crippen molar-refractivity contribution in [3.63, 3.8) is 0 Å². The average molecular weight is 342 g/mol. The minimum absolute atomic E-state index is 0. The molecule has 0 aromatic carbocycles. The number of halogens is 2. The lowest BCUT2D eigenvalue weighted by molar-refractivity contribution is -0.121. The first-order chi connectivity index (χ1) is 8.85. The lowest BCUT2D eigenvalue weighted by atomic mass is 9.88. The smallest absolute Gasteiger partial charge is 0.220 e. The molecule has 0 bridgehead atoms. The fourth-order valence-electron chi connectivity index (χ4n) is 2.93. The average Bonchev–Trinajstić information content (AvgIpc) is 2.32. The highest BCUT2D eigenvalue weighted by atomic mass is 35.5. The quantitative estimate of drug-likeness (QED) is 0.779. The molecule has 1 amide bonds. The van der Waals surface area contributed by atoms with E-state index in [0.29, 0.717) is 13.0 Å². The molecular formula is C15H33Cl2N3O. The number of carbonyl (C=O) groups excluding carboxylic acids is 1. The van der Waals surface area contributed by atoms with Crippen LogP contribution in [0.4, 0.5) is 0 Å². The molecule has 3 N–H and O–H groups in total. The van der Waals surface area contributed by atoms with Crippen LogP contribution in [0.2, 0.25) is 0 Å². The first-order valence-corrected chi connectivity index (χ1v) is 7.57. The van der Waals surface area contributed by atoms with E-state index in [9.17, 15) is 4.79 Å². The van der Waals surface area contributed by atoms with Crippen LogP contribution in [-0.4, -0.2) is 42.5 Å². The van der Waals surface area contributed by atoms with E-state index in [1.54, 1.807) is 0 Å². The van der Waals surface area contributed by atoms with Gasteiger partial charge in [0.1, 0.15) is 0 Å². The fraction of sp³-hybridized carbons (Fsp3) is 0.933. The van der Waals surface area contributed by atoms with Crippen molar-refractivity contribution < 1.29 is 4.79 Å². The predicted octanol–water partition coefficient (Wildman–Crippen LogP) is 2.44. The summed E-state index contributed by atoms with van der Waals surface area (Å²) in [5.74, 6) is 1.61. The molecule has 0 radical (unpaired) electrons. The van der Waals surface area contributed by atoms with Crippen molar-refractivity contribution in [2.75, 3.05) is 26.2 Å². The van der Waals surface area contributed by atoms with Gasteiger partial charge >= 0.3 is 0 Å². The van der Waals surface area contributed by atoms with Crippen LogP contribution >= 0.6 is 24.8 Å². The molecule has 0 saturated carbocycles. The van der Waals surface area contributed by atoms with Gasteiger partial charge in [0.2, 0.25) is 5.91 Å². The summed E-state index contributed by atoms with van der Waals surface area (Å²) < 4.78 is 0. The Balaban J connectivity index is 0. The first kappa shape index (κ1) is 23.2. The number of nitrogens with two attached hydrogens (primary N) is 1. The third-order valence-electron chi connectivity index (χ3n) is 4.05. The van der Waals surface area contributed by atoms with Crippen LogP contribution in [0, 0.1) is 11.8 Å². The minimum atomic E-state index is 0. The summed E-state index contributed by atoms with van der Waals surface area (Å²) >= 11 is 0. The van der Waals surface area contributed by atoms with Crippen LogP contribution in [0.3, 0.4) is 0 Å². The first-order valence-electron chi connectivity index (χ1n) is 7.57. The Hall–Kier alpha value is -0.0300. The largest absolute Gasteiger partial charge is 0.354 e. The zero-order valence-corrected chi connectivity index (χ0v) is 15.5. The molecule has 4 nitrogen and oxygen atoms in total. The lowest BCUT2D eigenvalue weighted by Crippen LogP contribution is -2.56. The second-order valence-corrected chi connectivity index (χ2v) is 6.83. The molecule has 1 aliphatic rings. The molecule has 2 atom stereocenters. The van der Waals surface area contributed by atoms with Crippen molar-refractivity contribution in [1.29, 1.82) is 0 Å². The van der Waals surface area contributed by atoms with Crippen LogP contribution in [-0.2, 0) is 4.79 Å². The molecule has 0 spiro atoms. The van der Waals surface area contributed by atoms with E-state index in [4.69, 9.17) is 5.73 Å². The number of nitrogens with one attached hydrogen (secondary N) is 1. The Labute approximate surface area is 142 Å². The predicted molar refractivity (Wildman–Crippen MR) is 94.4 cm³/mol. The Morgan fingerprint density at radius 3 is 2.24 bits per heavy atom. The molecule has 1 aliphatic heterocycles. The molecule has 21 heavy (non-hydrogen) atoms. The van der Waals surface area contributed by atoms with Crippen molar-refractivity contribution in [1.82, 2.24) is 10.2 Å². The number of hydrogen-bond acceptors (Lipinski definition) is 3. The van der Waals surface area contributed by atoms with Gasteiger partial charge in [0.25, 0.3) is 0 Å². The summed E-state index contributed by atoms with van der Waals surface area (Å²) in [4.78, 5) is 14.2. The van der Waals surface area contributed by atoms with E-state index >= 15 is 0 Å². The molecule has 1 rings (SSSR count). The van der Waals surface area contributed by atoms with Crippen LogP contribution in [0.15, 0.2) is 0 Å². The molecule has 1 heterocycles. The van der Waals surface area contributed by atoms with Gasteiger partial charge in [-0.25, -0.2) is 0 Å². The van der Waals surface area contributed by atoms with Gasteiger partial charge in [0.15, 0.2) is 0 Å². The zero-order chi connectivity index (χ0) is 14.5. The third-order valence-corrected chi connectivity index (χ3v) is 4.05. The summed E-state index contributed by atoms with van der Waals surface area (Å²) in [5.41, 5.74) is 5.45. The van der Waals surface area contributed by atoms with Gasteiger partial charge in [-0.1, -0.05) is 13.8 Å². The zero-order valence-electron chi connectivity index (χ0n) is 13.9. The summed E-state index contributed by atoms with van der Waals surface area (Å²) in [6.45, 7) is 12.7. The second kappa shape index (κ2) is 10.7. The topological polar surface area (TPSA) is 58.4 Å². The Morgan fingerprint density at radius 1 is 1.24 bits per heavy atom. The summed E-state index contributed by atoms with van der Waals surface area (Å²) in [7, 11) is 0. The van der Waals surface area contributed by atoms with Crippen molar-refractivity contribution in [2.24, 2.45) is 17.6 Å². The maximum Gasteiger partial charge on any atom is 0.220 e. The molecule has 1 fully saturated rings. The molecule has 128 valence electrons. The van der Waals surface area contributed by atoms with E-state index in [0.717, 1.165) is 37.9 Å². The highest BCUT2D eigenvalue weighted by Gasteiger charge is 2.32. The van der Waals surface area contributed by atoms with E-state index in [1.807, 2.05) is 0 Å². The summed E-state index contributed by atoms with van der Waals surface area (Å²) in [6.07, 6.45) is 2.62. The molecule has 0 aromatic rings. The van der Waals surface area contributed by atoms with Gasteiger partial charge in [0.05, 0.1) is 0 Å². The van der Waals surface area contributed by atoms with Gasteiger partial charge in [0, 0.05) is 31.6 Å². The fourth-order valence-corrected chi connectivity index (χ4v) is 2.93. The molecular weight excluding hydrogens is 309 g/mol. The number of nitrogens with zero attached hydrogens (tertiary/aromatic N) is 1. The SMILES string of the molecule is CC1CC(C)CN(C(C)(C)CNC(=O)CCCN)C1.Cl.Cl. The van der Waals surface area contributed by atoms with Gasteiger partial charge < -0.3 is 11.1 Å². The molecule has 0 aromatic heterocycles. The van der Waals surface area contributed by atoms with Gasteiger partial charge in [-0.05, 0) is 45.1 Å². The number of rotatable bonds is 6. The van der Waals surface area contributed by atoms with Crippen molar-refractivity contribution in [2.45, 2.75) is 52.5 Å². The van der Waals surface area contributed by atoms with Gasteiger partial charge in [-0.2, -0.15) is 0 Å². The molecule has 1 saturated heterocycles. The maximum absolute atomic E-state index is 11.7. The van der Waals surface area contributed by atoms with Crippen molar-refractivity contribution in [3.05, 3.63) is 0 Å². The summed E-state index contributed by atoms with van der Waals surface area (Å²) in [5, 5.41) is 3.05. The lowest BCUT2D eigenvalue weighted by Gasteiger charge is -2.45. The van der Waals surface area contributed by atoms with Gasteiger partial charge in [-0.15, -0.1) is 24.8 Å². The summed E-state index contributed by atoms with van der Waals surface area (Å²) in [6, 6.07) is 0. The van der Waals surface area contributed by atoms with E-state index in [1.165, 1.54) is 6.42 Å². The standard InChI is InChI=1S/C15H31N3O.2ClH/c1-12-8-13(2)10-18(9-12)15(3,4)11-17-14(19)6-5-7-16;;/h12-13H,5-11,16H2,1-4H3,(H,17,19);2*1H. The number of hydrogen-bond donors (Lipinski definition) is 2. The second-order valence-electron chi connectivity index (χ2n) is 6.83. The van der Waals surface area contributed by atoms with Crippen LogP contribution in [0.1, 0.15) is 47.0 Å². The number of likely N-dealkylation sites (tertiary alicyclic amines) is 1. The van der Waals surface area contributed by atoms with E-state index in [-0.39, 0.29) is 36.3 Å². The van der Waals surface area contributed by atoms with Crippen molar-refractivity contribution >= 4 is 30.7 Å². The Morgan fingerprint density at radius 2 is 1.76 bits per heavy atom. The maximum atomic E-state index is 11.7. The normalized spacial score (nSPS) is 22.9. The highest BCUT2D eigenvalue weighted by Crippen LogP contribution is 2.26. The number of piperidine rings is 1. The van der Waals surface area contributed by atoms with Crippen LogP contribution in [0.5, 0.6) is 0 Å². The highest BCUT2D eigenvalue weighted by molar-refractivity contribution is 5.85. The monoisotopic (exact) mass is 341 g/mol. The molecule has 0 aliphatic carbocycles. The van der Waals surface area contributed by atoms with Gasteiger partial charge in [-0.3, -0.25) is 9.69 Å². The third kappa shape index (κ3) is 8.24. The van der Waals surface area contributed by atoms with Crippen molar-refractivity contribution in [3.8, 4) is 0 Å². The minimum Gasteiger partial charge on any atom is -0.354 e.